The maximum Gasteiger partial charge on any atom is 0.296 e. The predicted molar refractivity (Wildman–Crippen MR) is 109 cm³/mol. The SMILES string of the molecule is COC(CCc1ccc(C(=O)Nc2ccc(S(=O)(=O)OC)cc2)cc1)CC(C)=O. The molecule has 29 heavy (non-hydrogen) atoms. The second-order valence-corrected chi connectivity index (χ2v) is 8.31. The number of anilines is 1. The van der Waals surface area contributed by atoms with Crippen molar-refractivity contribution in [3.8, 4) is 0 Å². The second-order valence-electron chi connectivity index (χ2n) is 6.60. The molecule has 7 nitrogen and oxygen atoms in total. The van der Waals surface area contributed by atoms with Crippen molar-refractivity contribution in [2.24, 2.45) is 0 Å². The van der Waals surface area contributed by atoms with Crippen LogP contribution in [-0.4, -0.2) is 40.4 Å². The fourth-order valence-electron chi connectivity index (χ4n) is 2.78. The third-order valence-corrected chi connectivity index (χ3v) is 5.73. The lowest BCUT2D eigenvalue weighted by Gasteiger charge is -2.13. The smallest absolute Gasteiger partial charge is 0.296 e. The van der Waals surface area contributed by atoms with Crippen LogP contribution in [-0.2, 0) is 30.3 Å². The van der Waals surface area contributed by atoms with Gasteiger partial charge in [0.2, 0.25) is 0 Å². The summed E-state index contributed by atoms with van der Waals surface area (Å²) >= 11 is 0. The molecule has 0 saturated heterocycles. The molecule has 2 aromatic carbocycles. The Morgan fingerprint density at radius 3 is 2.14 bits per heavy atom. The minimum Gasteiger partial charge on any atom is -0.381 e. The minimum absolute atomic E-state index is 0.0153. The quantitative estimate of drug-likeness (QED) is 0.594. The van der Waals surface area contributed by atoms with E-state index >= 15 is 0 Å². The van der Waals surface area contributed by atoms with Crippen LogP contribution in [0.5, 0.6) is 0 Å². The van der Waals surface area contributed by atoms with Gasteiger partial charge in [0.1, 0.15) is 5.78 Å². The first-order chi connectivity index (χ1) is 13.7. The number of carbonyl (C=O) groups excluding carboxylic acids is 2. The zero-order valence-electron chi connectivity index (χ0n) is 16.7. The Balaban J connectivity index is 1.95. The van der Waals surface area contributed by atoms with Crippen LogP contribution in [0.3, 0.4) is 0 Å². The van der Waals surface area contributed by atoms with Crippen LogP contribution in [0.2, 0.25) is 0 Å². The van der Waals surface area contributed by atoms with Gasteiger partial charge in [-0.25, -0.2) is 0 Å². The molecule has 0 saturated carbocycles. The van der Waals surface area contributed by atoms with Crippen LogP contribution in [0, 0.1) is 0 Å². The number of nitrogens with one attached hydrogen (secondary N) is 1. The lowest BCUT2D eigenvalue weighted by Crippen LogP contribution is -2.15. The van der Waals surface area contributed by atoms with Crippen LogP contribution >= 0.6 is 0 Å². The largest absolute Gasteiger partial charge is 0.381 e. The van der Waals surface area contributed by atoms with Gasteiger partial charge in [0, 0.05) is 24.8 Å². The second kappa shape index (κ2) is 10.3. The normalized spacial score (nSPS) is 12.4. The maximum atomic E-state index is 12.4. The van der Waals surface area contributed by atoms with Crippen LogP contribution in [0.25, 0.3) is 0 Å². The molecule has 0 aliphatic rings. The van der Waals surface area contributed by atoms with Crippen molar-refractivity contribution in [2.45, 2.75) is 37.2 Å². The minimum atomic E-state index is -3.76. The molecule has 0 heterocycles. The number of amides is 1. The summed E-state index contributed by atoms with van der Waals surface area (Å²) in [5, 5.41) is 2.72. The lowest BCUT2D eigenvalue weighted by atomic mass is 10.0. The summed E-state index contributed by atoms with van der Waals surface area (Å²) in [5.74, 6) is -0.207. The average molecular weight is 419 g/mol. The molecule has 0 aliphatic carbocycles. The van der Waals surface area contributed by atoms with E-state index in [1.54, 1.807) is 26.2 Å². The number of aryl methyl sites for hydroxylation is 1. The van der Waals surface area contributed by atoms with Gasteiger partial charge in [-0.1, -0.05) is 12.1 Å². The summed E-state index contributed by atoms with van der Waals surface area (Å²) in [7, 11) is -1.07. The number of ketones is 1. The third-order valence-electron chi connectivity index (χ3n) is 4.44. The summed E-state index contributed by atoms with van der Waals surface area (Å²) in [6, 6.07) is 12.9. The maximum absolute atomic E-state index is 12.4. The van der Waals surface area contributed by atoms with Crippen LogP contribution in [0.1, 0.15) is 35.7 Å². The molecule has 0 fully saturated rings. The summed E-state index contributed by atoms with van der Waals surface area (Å²) < 4.78 is 33.0. The number of benzene rings is 2. The van der Waals surface area contributed by atoms with E-state index in [-0.39, 0.29) is 22.7 Å². The first-order valence-corrected chi connectivity index (χ1v) is 10.5. The van der Waals surface area contributed by atoms with E-state index in [2.05, 4.69) is 9.50 Å². The van der Waals surface area contributed by atoms with E-state index in [1.165, 1.54) is 24.3 Å². The Morgan fingerprint density at radius 2 is 1.62 bits per heavy atom. The van der Waals surface area contributed by atoms with Gasteiger partial charge in [-0.3, -0.25) is 13.8 Å². The lowest BCUT2D eigenvalue weighted by molar-refractivity contribution is -0.119. The van der Waals surface area contributed by atoms with Crippen molar-refractivity contribution in [3.05, 3.63) is 59.7 Å². The highest BCUT2D eigenvalue weighted by atomic mass is 32.2. The highest BCUT2D eigenvalue weighted by molar-refractivity contribution is 7.86. The van der Waals surface area contributed by atoms with Crippen LogP contribution in [0.15, 0.2) is 53.4 Å². The molecule has 1 unspecified atom stereocenters. The fourth-order valence-corrected chi connectivity index (χ4v) is 3.44. The van der Waals surface area contributed by atoms with Gasteiger partial charge in [-0.05, 0) is 61.7 Å². The summed E-state index contributed by atoms with van der Waals surface area (Å²) in [6.45, 7) is 1.55. The molecule has 0 bridgehead atoms. The molecule has 0 radical (unpaired) electrons. The van der Waals surface area contributed by atoms with Gasteiger partial charge in [0.15, 0.2) is 0 Å². The van der Waals surface area contributed by atoms with Gasteiger partial charge in [0.25, 0.3) is 16.0 Å². The number of ether oxygens (including phenoxy) is 1. The Hall–Kier alpha value is -2.55. The molecular formula is C21H25NO6S. The highest BCUT2D eigenvalue weighted by Crippen LogP contribution is 2.17. The first-order valence-electron chi connectivity index (χ1n) is 9.08. The monoisotopic (exact) mass is 419 g/mol. The molecule has 0 aliphatic heterocycles. The number of Topliss-reactive ketones (excluding diaryl/α,β-unsaturated/α-hetero) is 1. The number of hydrogen-bond acceptors (Lipinski definition) is 6. The molecule has 8 heteroatoms. The van der Waals surface area contributed by atoms with Crippen molar-refractivity contribution in [1.82, 2.24) is 0 Å². The standard InChI is InChI=1S/C21H25NO6S/c1-15(23)14-19(27-2)11-6-16-4-7-17(8-5-16)21(24)22-18-9-12-20(13-10-18)29(25,26)28-3/h4-5,7-10,12-13,19H,6,11,14H2,1-3H3,(H,22,24). The molecule has 0 aromatic heterocycles. The summed E-state index contributed by atoms with van der Waals surface area (Å²) in [4.78, 5) is 23.6. The molecule has 1 N–H and O–H groups in total. The van der Waals surface area contributed by atoms with E-state index < -0.39 is 10.1 Å². The number of hydrogen-bond donors (Lipinski definition) is 1. The van der Waals surface area contributed by atoms with Crippen molar-refractivity contribution in [1.29, 1.82) is 0 Å². The summed E-state index contributed by atoms with van der Waals surface area (Å²) in [6.07, 6.45) is 1.74. The molecule has 1 amide bonds. The topological polar surface area (TPSA) is 98.8 Å². The van der Waals surface area contributed by atoms with E-state index in [0.717, 1.165) is 25.5 Å². The van der Waals surface area contributed by atoms with Gasteiger partial charge in [-0.15, -0.1) is 0 Å². The van der Waals surface area contributed by atoms with E-state index in [9.17, 15) is 18.0 Å². The van der Waals surface area contributed by atoms with Crippen LogP contribution in [0.4, 0.5) is 5.69 Å². The van der Waals surface area contributed by atoms with Gasteiger partial charge >= 0.3 is 0 Å². The van der Waals surface area contributed by atoms with Crippen molar-refractivity contribution in [3.63, 3.8) is 0 Å². The van der Waals surface area contributed by atoms with E-state index in [1.807, 2.05) is 12.1 Å². The van der Waals surface area contributed by atoms with Crippen molar-refractivity contribution < 1.29 is 26.9 Å². The van der Waals surface area contributed by atoms with Crippen LogP contribution < -0.4 is 5.32 Å². The zero-order chi connectivity index (χ0) is 21.4. The highest BCUT2D eigenvalue weighted by Gasteiger charge is 2.14. The molecule has 2 aromatic rings. The van der Waals surface area contributed by atoms with Crippen molar-refractivity contribution >= 4 is 27.5 Å². The first kappa shape index (κ1) is 22.7. The number of methoxy groups -OCH3 is 1. The Labute approximate surface area is 171 Å². The van der Waals surface area contributed by atoms with E-state index in [0.29, 0.717) is 17.7 Å². The summed E-state index contributed by atoms with van der Waals surface area (Å²) in [5.41, 5.74) is 2.00. The van der Waals surface area contributed by atoms with Gasteiger partial charge in [0.05, 0.1) is 18.1 Å². The molecular weight excluding hydrogens is 394 g/mol. The van der Waals surface area contributed by atoms with Crippen molar-refractivity contribution in [2.75, 3.05) is 19.5 Å². The number of rotatable bonds is 10. The molecule has 1 atom stereocenters. The Bertz CT molecular complexity index is 936. The molecule has 2 rings (SSSR count). The predicted octanol–water partition coefficient (Wildman–Crippen LogP) is 3.20. The molecule has 0 spiro atoms. The third kappa shape index (κ3) is 6.77. The Morgan fingerprint density at radius 1 is 1.00 bits per heavy atom. The molecule has 156 valence electrons. The van der Waals surface area contributed by atoms with E-state index in [4.69, 9.17) is 4.74 Å². The fraction of sp³-hybridized carbons (Fsp3) is 0.333. The zero-order valence-corrected chi connectivity index (χ0v) is 17.5. The van der Waals surface area contributed by atoms with Gasteiger partial charge in [-0.2, -0.15) is 8.42 Å². The Kier molecular flexibility index (Phi) is 8.07. The van der Waals surface area contributed by atoms with Gasteiger partial charge < -0.3 is 10.1 Å². The average Bonchev–Trinajstić information content (AvgIpc) is 2.71. The number of carbonyl (C=O) groups is 2.